The molecule has 1 amide bonds. The maximum Gasteiger partial charge on any atom is 0.247 e. The van der Waals surface area contributed by atoms with Crippen molar-refractivity contribution in [3.05, 3.63) is 79.9 Å². The van der Waals surface area contributed by atoms with Gasteiger partial charge in [0.1, 0.15) is 11.3 Å². The van der Waals surface area contributed by atoms with Crippen molar-refractivity contribution in [1.82, 2.24) is 19.9 Å². The quantitative estimate of drug-likeness (QED) is 0.388. The minimum absolute atomic E-state index is 0.240. The molecule has 0 aliphatic carbocycles. The summed E-state index contributed by atoms with van der Waals surface area (Å²) in [5, 5.41) is 4.87. The van der Waals surface area contributed by atoms with Crippen molar-refractivity contribution in [3.8, 4) is 22.3 Å². The molecule has 4 heterocycles. The number of aromatic amines is 2. The summed E-state index contributed by atoms with van der Waals surface area (Å²) in [7, 11) is 0. The molecule has 0 radical (unpaired) electrons. The molecule has 4 aromatic heterocycles. The van der Waals surface area contributed by atoms with Gasteiger partial charge < -0.3 is 15.3 Å². The molecule has 5 rings (SSSR count). The third-order valence-corrected chi connectivity index (χ3v) is 4.89. The summed E-state index contributed by atoms with van der Waals surface area (Å²) in [6.45, 7) is 3.49. The lowest BCUT2D eigenvalue weighted by molar-refractivity contribution is -0.111. The monoisotopic (exact) mass is 379 g/mol. The Labute approximate surface area is 166 Å². The molecule has 0 aliphatic rings. The normalized spacial score (nSPS) is 11.0. The number of rotatable bonds is 4. The summed E-state index contributed by atoms with van der Waals surface area (Å²) in [5.41, 5.74) is 6.38. The summed E-state index contributed by atoms with van der Waals surface area (Å²) in [6.07, 6.45) is 8.78. The molecule has 0 fully saturated rings. The van der Waals surface area contributed by atoms with Crippen molar-refractivity contribution in [2.24, 2.45) is 0 Å². The summed E-state index contributed by atoms with van der Waals surface area (Å²) in [6, 6.07) is 13.9. The Morgan fingerprint density at radius 1 is 0.966 bits per heavy atom. The van der Waals surface area contributed by atoms with E-state index in [1.165, 1.54) is 6.08 Å². The number of nitrogens with one attached hydrogen (secondary N) is 3. The number of pyridine rings is 2. The van der Waals surface area contributed by atoms with Crippen LogP contribution in [0, 0.1) is 0 Å². The second-order valence-corrected chi connectivity index (χ2v) is 6.74. The van der Waals surface area contributed by atoms with Crippen molar-refractivity contribution in [2.45, 2.75) is 0 Å². The molecule has 3 N–H and O–H groups in total. The second-order valence-electron chi connectivity index (χ2n) is 6.74. The molecular formula is C23H17N5O. The molecule has 1 aromatic carbocycles. The van der Waals surface area contributed by atoms with Gasteiger partial charge in [0.25, 0.3) is 0 Å². The first-order valence-electron chi connectivity index (χ1n) is 9.16. The van der Waals surface area contributed by atoms with E-state index < -0.39 is 0 Å². The first-order valence-corrected chi connectivity index (χ1v) is 9.16. The van der Waals surface area contributed by atoms with Crippen LogP contribution in [0.2, 0.25) is 0 Å². The largest absolute Gasteiger partial charge is 0.346 e. The predicted molar refractivity (Wildman–Crippen MR) is 115 cm³/mol. The lowest BCUT2D eigenvalue weighted by atomic mass is 10.0. The Balaban J connectivity index is 1.58. The molecule has 140 valence electrons. The van der Waals surface area contributed by atoms with E-state index >= 15 is 0 Å². The van der Waals surface area contributed by atoms with E-state index in [9.17, 15) is 4.79 Å². The maximum atomic E-state index is 11.6. The minimum atomic E-state index is -0.240. The number of hydrogen-bond donors (Lipinski definition) is 3. The zero-order chi connectivity index (χ0) is 19.8. The molecule has 0 aliphatic heterocycles. The highest BCUT2D eigenvalue weighted by atomic mass is 16.1. The van der Waals surface area contributed by atoms with Crippen LogP contribution < -0.4 is 5.32 Å². The molecule has 6 heteroatoms. The molecule has 0 bridgehead atoms. The first kappa shape index (κ1) is 16.9. The summed E-state index contributed by atoms with van der Waals surface area (Å²) < 4.78 is 0. The van der Waals surface area contributed by atoms with Gasteiger partial charge in [0.05, 0.1) is 0 Å². The van der Waals surface area contributed by atoms with Gasteiger partial charge in [-0.1, -0.05) is 18.7 Å². The highest BCUT2D eigenvalue weighted by Gasteiger charge is 2.11. The lowest BCUT2D eigenvalue weighted by Gasteiger charge is -2.07. The number of benzene rings is 1. The van der Waals surface area contributed by atoms with Crippen LogP contribution in [0.3, 0.4) is 0 Å². The van der Waals surface area contributed by atoms with Gasteiger partial charge in [-0.05, 0) is 42.0 Å². The van der Waals surface area contributed by atoms with Gasteiger partial charge in [-0.15, -0.1) is 0 Å². The van der Waals surface area contributed by atoms with Crippen molar-refractivity contribution in [3.63, 3.8) is 0 Å². The average molecular weight is 379 g/mol. The van der Waals surface area contributed by atoms with Crippen LogP contribution in [-0.2, 0) is 4.79 Å². The Morgan fingerprint density at radius 3 is 2.72 bits per heavy atom. The number of aromatic nitrogens is 4. The fraction of sp³-hybridized carbons (Fsp3) is 0. The van der Waals surface area contributed by atoms with E-state index in [0.717, 1.165) is 44.3 Å². The van der Waals surface area contributed by atoms with Crippen molar-refractivity contribution in [1.29, 1.82) is 0 Å². The van der Waals surface area contributed by atoms with E-state index in [0.29, 0.717) is 5.69 Å². The van der Waals surface area contributed by atoms with Crippen LogP contribution >= 0.6 is 0 Å². The Kier molecular flexibility index (Phi) is 3.95. The minimum Gasteiger partial charge on any atom is -0.346 e. The fourth-order valence-electron chi connectivity index (χ4n) is 3.46. The predicted octanol–water partition coefficient (Wildman–Crippen LogP) is 4.90. The van der Waals surface area contributed by atoms with Crippen molar-refractivity contribution in [2.75, 3.05) is 5.32 Å². The van der Waals surface area contributed by atoms with E-state index in [-0.39, 0.29) is 5.91 Å². The van der Waals surface area contributed by atoms with Gasteiger partial charge in [-0.3, -0.25) is 4.79 Å². The average Bonchev–Trinajstić information content (AvgIpc) is 3.39. The third kappa shape index (κ3) is 3.06. The zero-order valence-corrected chi connectivity index (χ0v) is 15.4. The van der Waals surface area contributed by atoms with Crippen LogP contribution in [0.25, 0.3) is 44.3 Å². The second kappa shape index (κ2) is 6.76. The molecule has 6 nitrogen and oxygen atoms in total. The first-order chi connectivity index (χ1) is 14.2. The smallest absolute Gasteiger partial charge is 0.247 e. The van der Waals surface area contributed by atoms with Gasteiger partial charge in [-0.25, -0.2) is 9.97 Å². The van der Waals surface area contributed by atoms with Crippen LogP contribution in [0.1, 0.15) is 0 Å². The van der Waals surface area contributed by atoms with Crippen LogP contribution in [0.5, 0.6) is 0 Å². The van der Waals surface area contributed by atoms with Crippen LogP contribution in [0.15, 0.2) is 79.9 Å². The Morgan fingerprint density at radius 2 is 1.83 bits per heavy atom. The molecular weight excluding hydrogens is 362 g/mol. The number of anilines is 1. The number of carbonyl (C=O) groups is 1. The zero-order valence-electron chi connectivity index (χ0n) is 15.4. The van der Waals surface area contributed by atoms with Gasteiger partial charge in [-0.2, -0.15) is 0 Å². The molecule has 5 aromatic rings. The van der Waals surface area contributed by atoms with Crippen molar-refractivity contribution >= 4 is 33.7 Å². The third-order valence-electron chi connectivity index (χ3n) is 4.89. The van der Waals surface area contributed by atoms with Gasteiger partial charge in [0.15, 0.2) is 0 Å². The molecule has 0 unspecified atom stereocenters. The van der Waals surface area contributed by atoms with Gasteiger partial charge in [0.2, 0.25) is 5.91 Å². The fourth-order valence-corrected chi connectivity index (χ4v) is 3.46. The van der Waals surface area contributed by atoms with E-state index in [4.69, 9.17) is 0 Å². The summed E-state index contributed by atoms with van der Waals surface area (Å²) >= 11 is 0. The topological polar surface area (TPSA) is 86.5 Å². The van der Waals surface area contributed by atoms with E-state index in [1.54, 1.807) is 0 Å². The molecule has 0 saturated heterocycles. The SMILES string of the molecule is C=CC(=O)Nc1cccc(-c2cnc3[nH]cc(-c4cnc5[nH]ccc5c4)c3c2)c1. The van der Waals surface area contributed by atoms with E-state index in [1.807, 2.05) is 55.1 Å². The van der Waals surface area contributed by atoms with Gasteiger partial charge in [0, 0.05) is 57.9 Å². The standard InChI is InChI=1S/C23H17N5O/c1-2-21(29)28-18-5-3-4-14(9-18)16-10-19-20(13-27-23(19)26-11-16)17-8-15-6-7-24-22(15)25-12-17/h2-13H,1H2,(H,24,25)(H,26,27)(H,28,29). The highest BCUT2D eigenvalue weighted by Crippen LogP contribution is 2.32. The summed E-state index contributed by atoms with van der Waals surface area (Å²) in [5.74, 6) is -0.240. The number of carbonyl (C=O) groups excluding carboxylic acids is 1. The number of hydrogen-bond acceptors (Lipinski definition) is 3. The van der Waals surface area contributed by atoms with Crippen LogP contribution in [-0.4, -0.2) is 25.8 Å². The van der Waals surface area contributed by atoms with Gasteiger partial charge >= 0.3 is 0 Å². The Bertz CT molecular complexity index is 1380. The Hall–Kier alpha value is -4.19. The number of fused-ring (bicyclic) bond motifs is 2. The molecule has 0 spiro atoms. The molecule has 29 heavy (non-hydrogen) atoms. The molecule has 0 saturated carbocycles. The van der Waals surface area contributed by atoms with Crippen LogP contribution in [0.4, 0.5) is 5.69 Å². The van der Waals surface area contributed by atoms with Crippen molar-refractivity contribution < 1.29 is 4.79 Å². The van der Waals surface area contributed by atoms with E-state index in [2.05, 4.69) is 44.0 Å². The number of nitrogens with zero attached hydrogens (tertiary/aromatic N) is 2. The number of amides is 1. The lowest BCUT2D eigenvalue weighted by Crippen LogP contribution is -2.06. The molecule has 0 atom stereocenters. The number of H-pyrrole nitrogens is 2. The highest BCUT2D eigenvalue weighted by molar-refractivity contribution is 6.00. The maximum absolute atomic E-state index is 11.6. The summed E-state index contributed by atoms with van der Waals surface area (Å²) in [4.78, 5) is 27.0.